The van der Waals surface area contributed by atoms with Gasteiger partial charge in [0.2, 0.25) is 57.3 Å². The number of sulfonamides is 1. The number of H-pyrrole nitrogens is 1. The fourth-order valence-electron chi connectivity index (χ4n) is 9.70. The van der Waals surface area contributed by atoms with Gasteiger partial charge in [0.15, 0.2) is 0 Å². The molecular formula is C63H75F4N11O18S. The van der Waals surface area contributed by atoms with Gasteiger partial charge in [-0.2, -0.15) is 17.9 Å². The van der Waals surface area contributed by atoms with E-state index < -0.39 is 185 Å². The lowest BCUT2D eigenvalue weighted by molar-refractivity contribution is -0.140. The summed E-state index contributed by atoms with van der Waals surface area (Å²) in [6.07, 6.45) is -5.86. The van der Waals surface area contributed by atoms with Gasteiger partial charge in [-0.3, -0.25) is 57.5 Å². The third kappa shape index (κ3) is 26.3. The Morgan fingerprint density at radius 2 is 1.14 bits per heavy atom. The summed E-state index contributed by atoms with van der Waals surface area (Å²) >= 11 is 0. The number of carbonyl (C=O) groups excluding carboxylic acids is 9. The number of hydrogen-bond acceptors (Lipinski definition) is 15. The highest BCUT2D eigenvalue weighted by Gasteiger charge is 2.35. The Morgan fingerprint density at radius 3 is 1.74 bits per heavy atom. The Morgan fingerprint density at radius 1 is 0.567 bits per heavy atom. The topological polar surface area (TPSA) is 459 Å². The van der Waals surface area contributed by atoms with E-state index in [1.165, 1.54) is 31.4 Å². The molecule has 0 bridgehead atoms. The maximum absolute atomic E-state index is 14.6. The molecule has 97 heavy (non-hydrogen) atoms. The highest BCUT2D eigenvalue weighted by atomic mass is 32.2. The SMILES string of the molecule is COc1ccc(S(=O)(=O)NC(CC(=O)O)C(=O)NC(CCC(=O)O)C(=O)NCC(=O)NC(Cc2cccc(F)c2)C(=O)NC(Cc2c[nH]c3ccccc23)C(=O)NC(CCC(=O)O)C(=O)NCCCCCC(=O)NC(CCCCNC(=O)c2ccc(C(F)(F)F)cc2)C(N)=O)cc1. The number of carboxylic acids is 3. The van der Waals surface area contributed by atoms with Gasteiger partial charge in [-0.05, 0) is 123 Å². The number of para-hydroxylation sites is 1. The van der Waals surface area contributed by atoms with E-state index in [0.717, 1.165) is 48.5 Å². The molecule has 5 rings (SSSR count). The molecule has 9 amide bonds. The van der Waals surface area contributed by atoms with Crippen molar-refractivity contribution >= 4 is 92.0 Å². The molecule has 6 unspecified atom stereocenters. The van der Waals surface area contributed by atoms with Crippen molar-refractivity contribution in [1.29, 1.82) is 0 Å². The van der Waals surface area contributed by atoms with Crippen LogP contribution in [0.4, 0.5) is 17.6 Å². The van der Waals surface area contributed by atoms with Crippen molar-refractivity contribution in [2.24, 2.45) is 5.73 Å². The summed E-state index contributed by atoms with van der Waals surface area (Å²) in [7, 11) is -3.30. The zero-order valence-corrected chi connectivity index (χ0v) is 53.1. The van der Waals surface area contributed by atoms with Crippen molar-refractivity contribution < 1.29 is 104 Å². The third-order valence-corrected chi connectivity index (χ3v) is 16.3. The van der Waals surface area contributed by atoms with Crippen LogP contribution in [0.3, 0.4) is 0 Å². The molecule has 0 aliphatic carbocycles. The summed E-state index contributed by atoms with van der Waals surface area (Å²) in [4.78, 5) is 159. The van der Waals surface area contributed by atoms with Crippen molar-refractivity contribution in [2.45, 2.75) is 137 Å². The first kappa shape index (κ1) is 77.2. The summed E-state index contributed by atoms with van der Waals surface area (Å²) in [6.45, 7) is -0.922. The second-order valence-corrected chi connectivity index (χ2v) is 23.9. The van der Waals surface area contributed by atoms with Gasteiger partial charge >= 0.3 is 24.1 Å². The predicted octanol–water partition coefficient (Wildman–Crippen LogP) is 1.97. The van der Waals surface area contributed by atoms with Crippen molar-refractivity contribution in [3.8, 4) is 5.75 Å². The lowest BCUT2D eigenvalue weighted by Crippen LogP contribution is -2.58. The van der Waals surface area contributed by atoms with Crippen molar-refractivity contribution in [1.82, 2.24) is 52.2 Å². The number of benzene rings is 4. The van der Waals surface area contributed by atoms with Gasteiger partial charge in [-0.25, -0.2) is 12.8 Å². The minimum atomic E-state index is -4.62. The number of alkyl halides is 3. The molecule has 1 aromatic heterocycles. The van der Waals surface area contributed by atoms with E-state index in [4.69, 9.17) is 10.5 Å². The molecule has 0 radical (unpaired) electrons. The molecule has 6 atom stereocenters. The highest BCUT2D eigenvalue weighted by Crippen LogP contribution is 2.29. The molecular weight excluding hydrogens is 1310 g/mol. The van der Waals surface area contributed by atoms with E-state index in [0.29, 0.717) is 35.7 Å². The number of unbranched alkanes of at least 4 members (excludes halogenated alkanes) is 3. The summed E-state index contributed by atoms with van der Waals surface area (Å²) in [6, 6.07) is 10.3. The van der Waals surface area contributed by atoms with Crippen LogP contribution in [0.15, 0.2) is 108 Å². The lowest BCUT2D eigenvalue weighted by Gasteiger charge is -2.26. The molecule has 29 nitrogen and oxygen atoms in total. The second kappa shape index (κ2) is 37.5. The number of aromatic nitrogens is 1. The molecule has 0 aliphatic rings. The first-order valence-corrected chi connectivity index (χ1v) is 31.8. The van der Waals surface area contributed by atoms with Gasteiger partial charge < -0.3 is 73.3 Å². The molecule has 15 N–H and O–H groups in total. The van der Waals surface area contributed by atoms with Gasteiger partial charge in [0.25, 0.3) is 5.91 Å². The third-order valence-electron chi connectivity index (χ3n) is 14.8. The van der Waals surface area contributed by atoms with Crippen molar-refractivity contribution in [3.05, 3.63) is 131 Å². The van der Waals surface area contributed by atoms with Crippen LogP contribution in [0.1, 0.15) is 104 Å². The number of aliphatic carboxylic acids is 3. The number of nitrogens with one attached hydrogen (secondary N) is 10. The number of ether oxygens (including phenoxy) is 1. The first-order chi connectivity index (χ1) is 45.9. The maximum atomic E-state index is 14.6. The molecule has 0 saturated heterocycles. The number of methoxy groups -OCH3 is 1. The fraction of sp³-hybridized carbons (Fsp3) is 0.397. The van der Waals surface area contributed by atoms with Crippen LogP contribution in [-0.4, -0.2) is 163 Å². The number of halogens is 4. The molecule has 0 spiro atoms. The smallest absolute Gasteiger partial charge is 0.416 e. The van der Waals surface area contributed by atoms with Crippen LogP contribution in [0.25, 0.3) is 10.9 Å². The largest absolute Gasteiger partial charge is 0.497 e. The highest BCUT2D eigenvalue weighted by molar-refractivity contribution is 7.89. The van der Waals surface area contributed by atoms with Crippen molar-refractivity contribution in [2.75, 3.05) is 26.7 Å². The summed E-state index contributed by atoms with van der Waals surface area (Å²) in [5, 5.41) is 48.9. The zero-order valence-electron chi connectivity index (χ0n) is 52.3. The zero-order chi connectivity index (χ0) is 71.4. The molecule has 4 aromatic carbocycles. The number of nitrogens with two attached hydrogens (primary N) is 1. The van der Waals surface area contributed by atoms with Gasteiger partial charge in [0.1, 0.15) is 47.8 Å². The molecule has 0 aliphatic heterocycles. The molecule has 34 heteroatoms. The van der Waals surface area contributed by atoms with E-state index in [1.54, 1.807) is 30.5 Å². The maximum Gasteiger partial charge on any atom is 0.416 e. The van der Waals surface area contributed by atoms with Crippen LogP contribution in [-0.2, 0) is 81.8 Å². The van der Waals surface area contributed by atoms with E-state index in [9.17, 15) is 98.8 Å². The minimum Gasteiger partial charge on any atom is -0.497 e. The fourth-order valence-corrected chi connectivity index (χ4v) is 10.9. The second-order valence-electron chi connectivity index (χ2n) is 22.2. The number of amides is 9. The van der Waals surface area contributed by atoms with Crippen LogP contribution < -0.4 is 57.7 Å². The molecule has 5 aromatic rings. The Labute approximate surface area is 552 Å². The standard InChI is InChI=1S/C63H75F4N11O18S/c1-96-41-20-22-42(23-21-41)97(94,95)78-50(33-55(85)86)62(93)76-47(25-27-54(83)84)59(90)72-35-52(80)74-48(31-36-10-9-11-40(64)30-36)60(91)77-49(32-38-34-71-44-13-5-4-12-43(38)44)61(92)75-46(24-26-53(81)82)58(89)70-28-7-2-3-15-51(79)73-45(56(68)87)14-6-8-29-69-57(88)37-16-18-39(19-17-37)63(65,66)67/h4-5,9-13,16-23,30,34,45-50,71,78H,2-3,6-8,14-15,24-29,31-33,35H2,1H3,(H2,68,87)(H,69,88)(H,70,89)(H,72,90)(H,73,79)(H,74,80)(H,75,92)(H,76,93)(H,77,91)(H,81,82)(H,83,84)(H,85,86). The van der Waals surface area contributed by atoms with E-state index in [2.05, 4.69) is 47.5 Å². The summed E-state index contributed by atoms with van der Waals surface area (Å²) in [5.74, 6) is -13.5. The lowest BCUT2D eigenvalue weighted by atomic mass is 10.0. The van der Waals surface area contributed by atoms with Crippen LogP contribution in [0.5, 0.6) is 5.75 Å². The number of carboxylic acid groups (broad SMARTS) is 3. The molecule has 524 valence electrons. The Balaban J connectivity index is 1.22. The van der Waals surface area contributed by atoms with Gasteiger partial charge in [-0.15, -0.1) is 0 Å². The van der Waals surface area contributed by atoms with Crippen molar-refractivity contribution in [3.63, 3.8) is 0 Å². The molecule has 0 fully saturated rings. The van der Waals surface area contributed by atoms with Gasteiger partial charge in [0, 0.05) is 67.9 Å². The first-order valence-electron chi connectivity index (χ1n) is 30.3. The van der Waals surface area contributed by atoms with Crippen LogP contribution >= 0.6 is 0 Å². The van der Waals surface area contributed by atoms with Gasteiger partial charge in [0.05, 0.1) is 30.5 Å². The minimum absolute atomic E-state index is 0.0132. The summed E-state index contributed by atoms with van der Waals surface area (Å²) in [5.41, 5.74) is 5.83. The van der Waals surface area contributed by atoms with Crippen LogP contribution in [0, 0.1) is 5.82 Å². The van der Waals surface area contributed by atoms with E-state index in [1.807, 2.05) is 4.72 Å². The van der Waals surface area contributed by atoms with E-state index in [-0.39, 0.29) is 62.1 Å². The number of rotatable bonds is 41. The number of aromatic amines is 1. The van der Waals surface area contributed by atoms with Crippen LogP contribution in [0.2, 0.25) is 0 Å². The normalized spacial score (nSPS) is 13.2. The number of hydrogen-bond donors (Lipinski definition) is 14. The number of fused-ring (bicyclic) bond motifs is 1. The monoisotopic (exact) mass is 1380 g/mol. The van der Waals surface area contributed by atoms with Gasteiger partial charge in [-0.1, -0.05) is 36.8 Å². The molecule has 0 saturated carbocycles. The number of primary amides is 1. The quantitative estimate of drug-likeness (QED) is 0.0196. The van der Waals surface area contributed by atoms with E-state index >= 15 is 0 Å². The number of carbonyl (C=O) groups is 12. The average Bonchev–Trinajstić information content (AvgIpc) is 1.82. The Kier molecular flexibility index (Phi) is 29.9. The summed E-state index contributed by atoms with van der Waals surface area (Å²) < 4.78 is 86.7. The predicted molar refractivity (Wildman–Crippen MR) is 336 cm³/mol. The Hall–Kier alpha value is -10.5. The Bertz CT molecular complexity index is 3730. The molecule has 1 heterocycles. The average molecular weight is 1380 g/mol.